The molecule has 1 aliphatic heterocycles. The van der Waals surface area contributed by atoms with Crippen molar-refractivity contribution in [2.75, 3.05) is 0 Å². The van der Waals surface area contributed by atoms with Crippen molar-refractivity contribution in [3.8, 4) is 11.4 Å². The predicted molar refractivity (Wildman–Crippen MR) is 74.8 cm³/mol. The molecular formula is C14H11FN4O5. The number of aromatic nitrogens is 2. The van der Waals surface area contributed by atoms with Crippen molar-refractivity contribution in [2.24, 2.45) is 0 Å². The number of imide groups is 1. The minimum atomic E-state index is -1.29. The molecule has 10 heteroatoms. The summed E-state index contributed by atoms with van der Waals surface area (Å²) in [5, 5.41) is 14.7. The van der Waals surface area contributed by atoms with Crippen LogP contribution in [0.25, 0.3) is 11.4 Å². The van der Waals surface area contributed by atoms with E-state index in [1.165, 1.54) is 18.2 Å². The standard InChI is InChI=1S/C14H11FN4O5/c15-8-3-1-2-7(4-8)12-17-10(24-18-12)6-19-11(20)5-9(13(21)22)16-14(19)23/h1-4,9H,5-6H2,(H,16,23)(H,21,22)/t9-/m1/s1. The summed E-state index contributed by atoms with van der Waals surface area (Å²) in [7, 11) is 0. The van der Waals surface area contributed by atoms with Crippen molar-refractivity contribution in [1.82, 2.24) is 20.4 Å². The monoisotopic (exact) mass is 334 g/mol. The highest BCUT2D eigenvalue weighted by molar-refractivity contribution is 6.01. The lowest BCUT2D eigenvalue weighted by molar-refractivity contribution is -0.144. The van der Waals surface area contributed by atoms with Crippen molar-refractivity contribution in [1.29, 1.82) is 0 Å². The van der Waals surface area contributed by atoms with Crippen LogP contribution in [0.2, 0.25) is 0 Å². The van der Waals surface area contributed by atoms with E-state index >= 15 is 0 Å². The zero-order chi connectivity index (χ0) is 17.3. The highest BCUT2D eigenvalue weighted by Gasteiger charge is 2.36. The van der Waals surface area contributed by atoms with Gasteiger partial charge >= 0.3 is 12.0 Å². The molecule has 0 radical (unpaired) electrons. The Balaban J connectivity index is 1.74. The van der Waals surface area contributed by atoms with Crippen LogP contribution in [0.3, 0.4) is 0 Å². The van der Waals surface area contributed by atoms with Gasteiger partial charge in [0.1, 0.15) is 18.4 Å². The van der Waals surface area contributed by atoms with E-state index in [-0.39, 0.29) is 24.7 Å². The highest BCUT2D eigenvalue weighted by Crippen LogP contribution is 2.18. The van der Waals surface area contributed by atoms with E-state index in [0.29, 0.717) is 5.56 Å². The Morgan fingerprint density at radius 3 is 2.92 bits per heavy atom. The molecule has 3 amide bonds. The van der Waals surface area contributed by atoms with E-state index in [0.717, 1.165) is 4.90 Å². The van der Waals surface area contributed by atoms with Gasteiger partial charge in [-0.25, -0.2) is 14.0 Å². The van der Waals surface area contributed by atoms with Gasteiger partial charge in [-0.3, -0.25) is 9.69 Å². The quantitative estimate of drug-likeness (QED) is 0.845. The fourth-order valence-corrected chi connectivity index (χ4v) is 2.18. The average Bonchev–Trinajstić information content (AvgIpc) is 2.99. The van der Waals surface area contributed by atoms with Gasteiger partial charge < -0.3 is 14.9 Å². The van der Waals surface area contributed by atoms with Crippen LogP contribution in [-0.4, -0.2) is 44.1 Å². The maximum Gasteiger partial charge on any atom is 0.326 e. The number of carboxylic acids is 1. The number of amides is 3. The first-order chi connectivity index (χ1) is 11.4. The van der Waals surface area contributed by atoms with Crippen LogP contribution in [-0.2, 0) is 16.1 Å². The normalized spacial score (nSPS) is 17.7. The van der Waals surface area contributed by atoms with E-state index < -0.39 is 29.8 Å². The summed E-state index contributed by atoms with van der Waals surface area (Å²) in [6.07, 6.45) is -0.369. The van der Waals surface area contributed by atoms with Crippen LogP contribution in [0.1, 0.15) is 12.3 Å². The summed E-state index contributed by atoms with van der Waals surface area (Å²) in [5.74, 6) is -2.35. The Kier molecular flexibility index (Phi) is 3.94. The Morgan fingerprint density at radius 1 is 1.46 bits per heavy atom. The van der Waals surface area contributed by atoms with Gasteiger partial charge in [-0.1, -0.05) is 17.3 Å². The smallest absolute Gasteiger partial charge is 0.326 e. The molecule has 0 saturated carbocycles. The fraction of sp³-hybridized carbons (Fsp3) is 0.214. The van der Waals surface area contributed by atoms with E-state index in [2.05, 4.69) is 15.5 Å². The number of hydrogen-bond donors (Lipinski definition) is 2. The van der Waals surface area contributed by atoms with Gasteiger partial charge in [-0.15, -0.1) is 0 Å². The molecule has 1 atom stereocenters. The number of nitrogens with one attached hydrogen (secondary N) is 1. The molecule has 1 aromatic carbocycles. The van der Waals surface area contributed by atoms with Crippen molar-refractivity contribution >= 4 is 17.9 Å². The largest absolute Gasteiger partial charge is 0.480 e. The summed E-state index contributed by atoms with van der Waals surface area (Å²) in [5.41, 5.74) is 0.380. The third kappa shape index (κ3) is 3.07. The number of hydrogen-bond acceptors (Lipinski definition) is 6. The lowest BCUT2D eigenvalue weighted by Gasteiger charge is -2.28. The molecule has 9 nitrogen and oxygen atoms in total. The number of aliphatic carboxylic acids is 1. The maximum atomic E-state index is 13.2. The molecule has 0 bridgehead atoms. The number of carbonyl (C=O) groups excluding carboxylic acids is 2. The number of carbonyl (C=O) groups is 3. The predicted octanol–water partition coefficient (Wildman–Crippen LogP) is 0.771. The molecule has 2 aromatic rings. The molecule has 1 aliphatic rings. The minimum Gasteiger partial charge on any atom is -0.480 e. The molecule has 1 aromatic heterocycles. The number of carboxylic acid groups (broad SMARTS) is 1. The second-order valence-corrected chi connectivity index (χ2v) is 5.05. The van der Waals surface area contributed by atoms with Gasteiger partial charge in [-0.2, -0.15) is 4.98 Å². The summed E-state index contributed by atoms with van der Waals surface area (Å²) < 4.78 is 18.2. The molecule has 2 N–H and O–H groups in total. The molecule has 24 heavy (non-hydrogen) atoms. The van der Waals surface area contributed by atoms with E-state index in [1.807, 2.05) is 0 Å². The lowest BCUT2D eigenvalue weighted by atomic mass is 10.1. The summed E-state index contributed by atoms with van der Waals surface area (Å²) in [6, 6.07) is 3.42. The molecule has 1 fully saturated rings. The number of halogens is 1. The zero-order valence-corrected chi connectivity index (χ0v) is 12.1. The fourth-order valence-electron chi connectivity index (χ4n) is 2.18. The third-order valence-electron chi connectivity index (χ3n) is 3.37. The molecule has 0 unspecified atom stereocenters. The van der Waals surface area contributed by atoms with Crippen LogP contribution in [0, 0.1) is 5.82 Å². The number of urea groups is 1. The van der Waals surface area contributed by atoms with Gasteiger partial charge in [-0.05, 0) is 12.1 Å². The van der Waals surface area contributed by atoms with Gasteiger partial charge in [0.15, 0.2) is 0 Å². The SMILES string of the molecule is O=C(O)[C@H]1CC(=O)N(Cc2nc(-c3cccc(F)c3)no2)C(=O)N1. The molecule has 1 saturated heterocycles. The van der Waals surface area contributed by atoms with E-state index in [1.54, 1.807) is 6.07 Å². The highest BCUT2D eigenvalue weighted by atomic mass is 19.1. The second kappa shape index (κ2) is 6.07. The zero-order valence-electron chi connectivity index (χ0n) is 12.1. The van der Waals surface area contributed by atoms with Crippen LogP contribution < -0.4 is 5.32 Å². The van der Waals surface area contributed by atoms with Gasteiger partial charge in [0.25, 0.3) is 0 Å². The maximum absolute atomic E-state index is 13.2. The van der Waals surface area contributed by atoms with Crippen molar-refractivity contribution < 1.29 is 28.4 Å². The van der Waals surface area contributed by atoms with Crippen molar-refractivity contribution in [3.05, 3.63) is 36.0 Å². The first-order valence-corrected chi connectivity index (χ1v) is 6.86. The second-order valence-electron chi connectivity index (χ2n) is 5.05. The molecule has 2 heterocycles. The summed E-state index contributed by atoms with van der Waals surface area (Å²) in [6.45, 7) is -0.306. The van der Waals surface area contributed by atoms with Crippen molar-refractivity contribution in [2.45, 2.75) is 19.0 Å². The number of benzene rings is 1. The van der Waals surface area contributed by atoms with Gasteiger partial charge in [0.05, 0.1) is 6.42 Å². The van der Waals surface area contributed by atoms with Crippen LogP contribution in [0.4, 0.5) is 9.18 Å². The van der Waals surface area contributed by atoms with Crippen LogP contribution >= 0.6 is 0 Å². The topological polar surface area (TPSA) is 126 Å². The molecule has 3 rings (SSSR count). The Hall–Kier alpha value is -3.30. The average molecular weight is 334 g/mol. The minimum absolute atomic E-state index is 0.0356. The van der Waals surface area contributed by atoms with Crippen molar-refractivity contribution in [3.63, 3.8) is 0 Å². The molecule has 0 spiro atoms. The lowest BCUT2D eigenvalue weighted by Crippen LogP contribution is -2.56. The van der Waals surface area contributed by atoms with Crippen LogP contribution in [0.15, 0.2) is 28.8 Å². The number of rotatable bonds is 4. The third-order valence-corrected chi connectivity index (χ3v) is 3.37. The molecule has 124 valence electrons. The summed E-state index contributed by atoms with van der Waals surface area (Å²) in [4.78, 5) is 39.4. The number of nitrogens with zero attached hydrogens (tertiary/aromatic N) is 3. The Morgan fingerprint density at radius 2 is 2.25 bits per heavy atom. The van der Waals surface area contributed by atoms with Gasteiger partial charge in [0.2, 0.25) is 17.6 Å². The van der Waals surface area contributed by atoms with Gasteiger partial charge in [0, 0.05) is 5.56 Å². The molecular weight excluding hydrogens is 323 g/mol. The first-order valence-electron chi connectivity index (χ1n) is 6.86. The van der Waals surface area contributed by atoms with E-state index in [9.17, 15) is 18.8 Å². The van der Waals surface area contributed by atoms with E-state index in [4.69, 9.17) is 9.63 Å². The summed E-state index contributed by atoms with van der Waals surface area (Å²) >= 11 is 0. The Labute approximate surface area is 134 Å². The first kappa shape index (κ1) is 15.6. The Bertz CT molecular complexity index is 803. The molecule has 0 aliphatic carbocycles. The van der Waals surface area contributed by atoms with Crippen LogP contribution in [0.5, 0.6) is 0 Å².